The van der Waals surface area contributed by atoms with Crippen LogP contribution in [-0.4, -0.2) is 25.0 Å². The van der Waals surface area contributed by atoms with Gasteiger partial charge >= 0.3 is 5.97 Å². The van der Waals surface area contributed by atoms with Gasteiger partial charge in [-0.3, -0.25) is 4.79 Å². The lowest BCUT2D eigenvalue weighted by Gasteiger charge is -2.13. The number of rotatable bonds is 3. The molecule has 0 saturated heterocycles. The third-order valence-corrected chi connectivity index (χ3v) is 2.49. The summed E-state index contributed by atoms with van der Waals surface area (Å²) < 4.78 is 4.49. The number of amides is 1. The Morgan fingerprint density at radius 3 is 2.65 bits per heavy atom. The molecule has 17 heavy (non-hydrogen) atoms. The lowest BCUT2D eigenvalue weighted by Crippen LogP contribution is -2.39. The number of nitrogen functional groups attached to an aromatic ring is 1. The van der Waals surface area contributed by atoms with Gasteiger partial charge in [0, 0.05) is 5.69 Å². The molecule has 1 aromatic carbocycles. The number of nitrogens with one attached hydrogen (secondary N) is 1. The van der Waals surface area contributed by atoms with Crippen LogP contribution in [0.3, 0.4) is 0 Å². The van der Waals surface area contributed by atoms with Crippen molar-refractivity contribution in [2.75, 3.05) is 12.8 Å². The molecule has 1 atom stereocenters. The Hall–Kier alpha value is -1.75. The van der Waals surface area contributed by atoms with E-state index in [0.717, 1.165) is 0 Å². The maximum absolute atomic E-state index is 11.8. The molecule has 3 N–H and O–H groups in total. The molecule has 1 unspecified atom stereocenters. The van der Waals surface area contributed by atoms with Crippen LogP contribution in [0, 0.1) is 0 Å². The van der Waals surface area contributed by atoms with Crippen LogP contribution in [0.4, 0.5) is 5.69 Å². The van der Waals surface area contributed by atoms with Crippen LogP contribution in [0.5, 0.6) is 0 Å². The topological polar surface area (TPSA) is 81.4 Å². The normalized spacial score (nSPS) is 11.7. The Bertz CT molecular complexity index is 428. The van der Waals surface area contributed by atoms with Crippen molar-refractivity contribution in [1.82, 2.24) is 5.32 Å². The van der Waals surface area contributed by atoms with Gasteiger partial charge in [-0.2, -0.15) is 0 Å². The average Bonchev–Trinajstić information content (AvgIpc) is 2.27. The molecule has 1 amide bonds. The number of carbonyl (C=O) groups is 2. The highest BCUT2D eigenvalue weighted by atomic mass is 35.5. The number of hydrogen-bond acceptors (Lipinski definition) is 4. The standard InChI is InChI=1S/C11H13ClN2O3/c1-6(11(16)17-2)14-10(15)9-7(12)4-3-5-8(9)13/h3-6H,13H2,1-2H3,(H,14,15). The van der Waals surface area contributed by atoms with Crippen LogP contribution in [0.15, 0.2) is 18.2 Å². The van der Waals surface area contributed by atoms with E-state index in [9.17, 15) is 9.59 Å². The molecule has 0 fully saturated rings. The summed E-state index contributed by atoms with van der Waals surface area (Å²) in [5, 5.41) is 2.69. The highest BCUT2D eigenvalue weighted by Crippen LogP contribution is 2.21. The zero-order valence-corrected chi connectivity index (χ0v) is 10.2. The SMILES string of the molecule is COC(=O)C(C)NC(=O)c1c(N)cccc1Cl. The summed E-state index contributed by atoms with van der Waals surface area (Å²) >= 11 is 5.86. The van der Waals surface area contributed by atoms with Crippen molar-refractivity contribution in [3.05, 3.63) is 28.8 Å². The molecule has 1 aromatic rings. The number of ether oxygens (including phenoxy) is 1. The van der Waals surface area contributed by atoms with E-state index in [1.165, 1.54) is 14.0 Å². The van der Waals surface area contributed by atoms with Gasteiger partial charge in [0.25, 0.3) is 5.91 Å². The van der Waals surface area contributed by atoms with E-state index in [4.69, 9.17) is 17.3 Å². The number of carbonyl (C=O) groups excluding carboxylic acids is 2. The third kappa shape index (κ3) is 3.10. The van der Waals surface area contributed by atoms with Crippen molar-refractivity contribution in [2.45, 2.75) is 13.0 Å². The Kier molecular flexibility index (Phi) is 4.34. The highest BCUT2D eigenvalue weighted by molar-refractivity contribution is 6.34. The number of nitrogens with two attached hydrogens (primary N) is 1. The number of halogens is 1. The second-order valence-electron chi connectivity index (χ2n) is 3.42. The fourth-order valence-corrected chi connectivity index (χ4v) is 1.55. The predicted octanol–water partition coefficient (Wildman–Crippen LogP) is 1.21. The molecular formula is C11H13ClN2O3. The molecule has 0 aliphatic rings. The van der Waals surface area contributed by atoms with E-state index in [1.807, 2.05) is 0 Å². The second-order valence-corrected chi connectivity index (χ2v) is 3.83. The Balaban J connectivity index is 2.87. The zero-order chi connectivity index (χ0) is 13.0. The van der Waals surface area contributed by atoms with Crippen molar-refractivity contribution in [1.29, 1.82) is 0 Å². The first-order valence-corrected chi connectivity index (χ1v) is 5.27. The van der Waals surface area contributed by atoms with Crippen LogP contribution < -0.4 is 11.1 Å². The first-order chi connectivity index (χ1) is 7.97. The van der Waals surface area contributed by atoms with Gasteiger partial charge in [0.15, 0.2) is 0 Å². The number of benzene rings is 1. The van der Waals surface area contributed by atoms with Crippen molar-refractivity contribution in [3.8, 4) is 0 Å². The Morgan fingerprint density at radius 1 is 1.47 bits per heavy atom. The summed E-state index contributed by atoms with van der Waals surface area (Å²) in [6, 6.07) is 3.99. The van der Waals surface area contributed by atoms with Crippen molar-refractivity contribution in [2.24, 2.45) is 0 Å². The second kappa shape index (κ2) is 5.54. The lowest BCUT2D eigenvalue weighted by atomic mass is 10.1. The summed E-state index contributed by atoms with van der Waals surface area (Å²) in [7, 11) is 1.24. The summed E-state index contributed by atoms with van der Waals surface area (Å²) in [4.78, 5) is 23.0. The molecule has 0 aliphatic heterocycles. The Morgan fingerprint density at radius 2 is 2.12 bits per heavy atom. The van der Waals surface area contributed by atoms with Crippen LogP contribution in [0.25, 0.3) is 0 Å². The van der Waals surface area contributed by atoms with E-state index < -0.39 is 17.9 Å². The summed E-state index contributed by atoms with van der Waals surface area (Å²) in [5.74, 6) is -1.05. The van der Waals surface area contributed by atoms with Crippen LogP contribution in [0.1, 0.15) is 17.3 Å². The molecule has 0 spiro atoms. The van der Waals surface area contributed by atoms with Gasteiger partial charge in [-0.15, -0.1) is 0 Å². The van der Waals surface area contributed by atoms with Crippen LogP contribution >= 0.6 is 11.6 Å². The molecule has 0 heterocycles. The van der Waals surface area contributed by atoms with Gasteiger partial charge in [-0.05, 0) is 19.1 Å². The quantitative estimate of drug-likeness (QED) is 0.629. The van der Waals surface area contributed by atoms with Gasteiger partial charge < -0.3 is 15.8 Å². The lowest BCUT2D eigenvalue weighted by molar-refractivity contribution is -0.142. The first-order valence-electron chi connectivity index (χ1n) is 4.90. The van der Waals surface area contributed by atoms with Crippen molar-refractivity contribution >= 4 is 29.2 Å². The molecule has 6 heteroatoms. The largest absolute Gasteiger partial charge is 0.467 e. The summed E-state index contributed by atoms with van der Waals surface area (Å²) in [6.07, 6.45) is 0. The molecule has 92 valence electrons. The molecule has 0 bridgehead atoms. The molecule has 0 aliphatic carbocycles. The summed E-state index contributed by atoms with van der Waals surface area (Å²) in [6.45, 7) is 1.51. The minimum absolute atomic E-state index is 0.157. The third-order valence-electron chi connectivity index (χ3n) is 2.18. The fraction of sp³-hybridized carbons (Fsp3) is 0.273. The number of hydrogen-bond donors (Lipinski definition) is 2. The van der Waals surface area contributed by atoms with E-state index in [0.29, 0.717) is 0 Å². The van der Waals surface area contributed by atoms with E-state index in [1.54, 1.807) is 18.2 Å². The Labute approximate surface area is 104 Å². The fourth-order valence-electron chi connectivity index (χ4n) is 1.28. The van der Waals surface area contributed by atoms with E-state index in [-0.39, 0.29) is 16.3 Å². The van der Waals surface area contributed by atoms with Crippen LogP contribution in [-0.2, 0) is 9.53 Å². The molecule has 0 aromatic heterocycles. The van der Waals surface area contributed by atoms with E-state index in [2.05, 4.69) is 10.1 Å². The van der Waals surface area contributed by atoms with Gasteiger partial charge in [0.05, 0.1) is 17.7 Å². The predicted molar refractivity (Wildman–Crippen MR) is 64.8 cm³/mol. The molecule has 1 rings (SSSR count). The minimum atomic E-state index is -0.761. The molecule has 0 radical (unpaired) electrons. The zero-order valence-electron chi connectivity index (χ0n) is 9.49. The maximum Gasteiger partial charge on any atom is 0.328 e. The van der Waals surface area contributed by atoms with Crippen molar-refractivity contribution < 1.29 is 14.3 Å². The van der Waals surface area contributed by atoms with Gasteiger partial charge in [-0.25, -0.2) is 4.79 Å². The molecule has 0 saturated carbocycles. The number of esters is 1. The van der Waals surface area contributed by atoms with Gasteiger partial charge in [0.2, 0.25) is 0 Å². The summed E-state index contributed by atoms with van der Waals surface area (Å²) in [5.41, 5.74) is 6.06. The highest BCUT2D eigenvalue weighted by Gasteiger charge is 2.20. The minimum Gasteiger partial charge on any atom is -0.467 e. The smallest absolute Gasteiger partial charge is 0.328 e. The molecule has 5 nitrogen and oxygen atoms in total. The first kappa shape index (κ1) is 13.3. The van der Waals surface area contributed by atoms with Crippen molar-refractivity contribution in [3.63, 3.8) is 0 Å². The number of methoxy groups -OCH3 is 1. The average molecular weight is 257 g/mol. The van der Waals surface area contributed by atoms with Gasteiger partial charge in [-0.1, -0.05) is 17.7 Å². The van der Waals surface area contributed by atoms with Crippen LogP contribution in [0.2, 0.25) is 5.02 Å². The van der Waals surface area contributed by atoms with Gasteiger partial charge in [0.1, 0.15) is 6.04 Å². The van der Waals surface area contributed by atoms with E-state index >= 15 is 0 Å². The number of anilines is 1. The monoisotopic (exact) mass is 256 g/mol. The molecular weight excluding hydrogens is 244 g/mol. The maximum atomic E-state index is 11.8.